The molecule has 0 aliphatic rings. The van der Waals surface area contributed by atoms with E-state index < -0.39 is 6.23 Å². The quantitative estimate of drug-likeness (QED) is 0.536. The number of nitrogens with two attached hydrogens (primary N) is 1. The lowest BCUT2D eigenvalue weighted by Gasteiger charge is -2.03. The van der Waals surface area contributed by atoms with Crippen LogP contribution in [0.15, 0.2) is 30.3 Å². The van der Waals surface area contributed by atoms with Crippen LogP contribution in [0, 0.1) is 0 Å². The Bertz CT molecular complexity index is 233. The van der Waals surface area contributed by atoms with E-state index in [2.05, 4.69) is 24.3 Å². The molecule has 1 unspecified atom stereocenters. The Morgan fingerprint density at radius 1 is 1.07 bits per heavy atom. The molecule has 1 aromatic rings. The van der Waals surface area contributed by atoms with Gasteiger partial charge in [-0.3, -0.25) is 0 Å². The Hall–Kier alpha value is -0.860. The van der Waals surface area contributed by atoms with E-state index in [1.165, 1.54) is 12.0 Å². The molecular weight excluding hydrogens is 174 g/mol. The maximum absolute atomic E-state index is 8.85. The molecule has 2 heteroatoms. The van der Waals surface area contributed by atoms with Crippen molar-refractivity contribution in [1.82, 2.24) is 0 Å². The van der Waals surface area contributed by atoms with Crippen molar-refractivity contribution >= 4 is 0 Å². The van der Waals surface area contributed by atoms with Gasteiger partial charge in [0.2, 0.25) is 0 Å². The first-order valence-electron chi connectivity index (χ1n) is 5.26. The summed E-state index contributed by atoms with van der Waals surface area (Å²) in [5.74, 6) is 0. The predicted octanol–water partition coefficient (Wildman–Crippen LogP) is 2.07. The Balaban J connectivity index is 2.05. The number of aliphatic hydroxyl groups excluding tert-OH is 1. The summed E-state index contributed by atoms with van der Waals surface area (Å²) in [6.07, 6.45) is 4.55. The first-order chi connectivity index (χ1) is 6.79. The molecule has 0 saturated carbocycles. The summed E-state index contributed by atoms with van der Waals surface area (Å²) < 4.78 is 0. The van der Waals surface area contributed by atoms with Crippen LogP contribution in [0.1, 0.15) is 31.2 Å². The second-order valence-electron chi connectivity index (χ2n) is 3.65. The van der Waals surface area contributed by atoms with Gasteiger partial charge in [-0.1, -0.05) is 36.8 Å². The van der Waals surface area contributed by atoms with Crippen molar-refractivity contribution in [2.75, 3.05) is 0 Å². The zero-order valence-corrected chi connectivity index (χ0v) is 8.52. The van der Waals surface area contributed by atoms with Gasteiger partial charge in [-0.2, -0.15) is 0 Å². The van der Waals surface area contributed by atoms with Crippen molar-refractivity contribution in [1.29, 1.82) is 0 Å². The van der Waals surface area contributed by atoms with Gasteiger partial charge in [0.1, 0.15) is 6.23 Å². The zero-order chi connectivity index (χ0) is 10.2. The minimum absolute atomic E-state index is 0.633. The van der Waals surface area contributed by atoms with E-state index in [1.807, 2.05) is 6.07 Å². The molecule has 0 bridgehead atoms. The third-order valence-electron chi connectivity index (χ3n) is 2.31. The van der Waals surface area contributed by atoms with Crippen molar-refractivity contribution in [3.8, 4) is 0 Å². The van der Waals surface area contributed by atoms with Gasteiger partial charge in [-0.05, 0) is 31.2 Å². The number of hydrogen-bond donors (Lipinski definition) is 2. The largest absolute Gasteiger partial charge is 0.379 e. The van der Waals surface area contributed by atoms with Crippen molar-refractivity contribution in [3.05, 3.63) is 35.9 Å². The molecule has 0 aliphatic heterocycles. The first-order valence-corrected chi connectivity index (χ1v) is 5.26. The highest BCUT2D eigenvalue weighted by Gasteiger charge is 1.96. The van der Waals surface area contributed by atoms with E-state index >= 15 is 0 Å². The summed E-state index contributed by atoms with van der Waals surface area (Å²) in [7, 11) is 0. The monoisotopic (exact) mass is 193 g/mol. The Labute approximate surface area is 85.8 Å². The number of rotatable bonds is 6. The highest BCUT2D eigenvalue weighted by atomic mass is 16.3. The van der Waals surface area contributed by atoms with E-state index in [0.29, 0.717) is 0 Å². The van der Waals surface area contributed by atoms with Crippen molar-refractivity contribution < 1.29 is 5.11 Å². The van der Waals surface area contributed by atoms with E-state index in [1.54, 1.807) is 0 Å². The normalized spacial score (nSPS) is 12.7. The van der Waals surface area contributed by atoms with Crippen molar-refractivity contribution in [2.24, 2.45) is 5.73 Å². The molecule has 14 heavy (non-hydrogen) atoms. The number of unbranched alkanes of at least 4 members (excludes halogenated alkanes) is 2. The molecule has 0 aromatic heterocycles. The van der Waals surface area contributed by atoms with Gasteiger partial charge in [0.05, 0.1) is 0 Å². The minimum Gasteiger partial charge on any atom is -0.379 e. The molecule has 0 radical (unpaired) electrons. The van der Waals surface area contributed by atoms with Gasteiger partial charge in [-0.25, -0.2) is 0 Å². The molecule has 0 amide bonds. The molecule has 78 valence electrons. The summed E-state index contributed by atoms with van der Waals surface area (Å²) >= 11 is 0. The predicted molar refractivity (Wildman–Crippen MR) is 58.8 cm³/mol. The zero-order valence-electron chi connectivity index (χ0n) is 8.52. The maximum Gasteiger partial charge on any atom is 0.102 e. The highest BCUT2D eigenvalue weighted by Crippen LogP contribution is 2.07. The Kier molecular flexibility index (Phi) is 5.27. The van der Waals surface area contributed by atoms with Crippen LogP contribution >= 0.6 is 0 Å². The second kappa shape index (κ2) is 6.57. The second-order valence-corrected chi connectivity index (χ2v) is 3.65. The number of aryl methyl sites for hydroxylation is 1. The van der Waals surface area contributed by atoms with Crippen molar-refractivity contribution in [3.63, 3.8) is 0 Å². The van der Waals surface area contributed by atoms with Gasteiger partial charge >= 0.3 is 0 Å². The molecule has 1 atom stereocenters. The Morgan fingerprint density at radius 2 is 1.79 bits per heavy atom. The fourth-order valence-corrected chi connectivity index (χ4v) is 1.50. The molecule has 0 heterocycles. The van der Waals surface area contributed by atoms with Crippen LogP contribution in [0.5, 0.6) is 0 Å². The molecule has 3 N–H and O–H groups in total. The molecule has 0 fully saturated rings. The summed E-state index contributed by atoms with van der Waals surface area (Å²) in [6.45, 7) is 0. The van der Waals surface area contributed by atoms with E-state index in [9.17, 15) is 0 Å². The minimum atomic E-state index is -0.633. The van der Waals surface area contributed by atoms with Gasteiger partial charge in [0.25, 0.3) is 0 Å². The average Bonchev–Trinajstić information content (AvgIpc) is 2.18. The van der Waals surface area contributed by atoms with Gasteiger partial charge in [0.15, 0.2) is 0 Å². The van der Waals surface area contributed by atoms with Crippen LogP contribution in [0.2, 0.25) is 0 Å². The molecule has 1 rings (SSSR count). The lowest BCUT2D eigenvalue weighted by atomic mass is 10.1. The lowest BCUT2D eigenvalue weighted by Crippen LogP contribution is -2.17. The van der Waals surface area contributed by atoms with E-state index in [-0.39, 0.29) is 0 Å². The number of aliphatic hydroxyl groups is 1. The summed E-state index contributed by atoms with van der Waals surface area (Å²) in [5.41, 5.74) is 6.63. The highest BCUT2D eigenvalue weighted by molar-refractivity contribution is 5.14. The van der Waals surface area contributed by atoms with Crippen LogP contribution in [0.4, 0.5) is 0 Å². The van der Waals surface area contributed by atoms with Gasteiger partial charge < -0.3 is 10.8 Å². The van der Waals surface area contributed by atoms with Crippen LogP contribution in [0.3, 0.4) is 0 Å². The standard InChI is InChI=1S/C12H19NO/c13-12(14)10-6-2-5-9-11-7-3-1-4-8-11/h1,3-4,7-8,12,14H,2,5-6,9-10,13H2. The third-order valence-corrected chi connectivity index (χ3v) is 2.31. The topological polar surface area (TPSA) is 46.2 Å². The molecule has 1 aromatic carbocycles. The molecule has 0 aliphatic carbocycles. The van der Waals surface area contributed by atoms with E-state index in [0.717, 1.165) is 25.7 Å². The van der Waals surface area contributed by atoms with Crippen LogP contribution in [-0.2, 0) is 6.42 Å². The first kappa shape index (κ1) is 11.2. The number of benzene rings is 1. The molecule has 2 nitrogen and oxygen atoms in total. The molecule has 0 spiro atoms. The summed E-state index contributed by atoms with van der Waals surface area (Å²) in [4.78, 5) is 0. The molecular formula is C12H19NO. The van der Waals surface area contributed by atoms with Crippen LogP contribution in [-0.4, -0.2) is 11.3 Å². The van der Waals surface area contributed by atoms with E-state index in [4.69, 9.17) is 10.8 Å². The fourth-order valence-electron chi connectivity index (χ4n) is 1.50. The average molecular weight is 193 g/mol. The third kappa shape index (κ3) is 5.00. The SMILES string of the molecule is NC(O)CCCCCc1ccccc1. The fraction of sp³-hybridized carbons (Fsp3) is 0.500. The lowest BCUT2D eigenvalue weighted by molar-refractivity contribution is 0.168. The van der Waals surface area contributed by atoms with Crippen LogP contribution in [0.25, 0.3) is 0 Å². The maximum atomic E-state index is 8.85. The van der Waals surface area contributed by atoms with Gasteiger partial charge in [-0.15, -0.1) is 0 Å². The molecule has 0 saturated heterocycles. The number of hydrogen-bond acceptors (Lipinski definition) is 2. The smallest absolute Gasteiger partial charge is 0.102 e. The van der Waals surface area contributed by atoms with Crippen molar-refractivity contribution in [2.45, 2.75) is 38.3 Å². The van der Waals surface area contributed by atoms with Crippen LogP contribution < -0.4 is 5.73 Å². The summed E-state index contributed by atoms with van der Waals surface area (Å²) in [6, 6.07) is 10.5. The van der Waals surface area contributed by atoms with Gasteiger partial charge in [0, 0.05) is 0 Å². The Morgan fingerprint density at radius 3 is 2.43 bits per heavy atom. The summed E-state index contributed by atoms with van der Waals surface area (Å²) in [5, 5.41) is 8.85.